The first-order valence-electron chi connectivity index (χ1n) is 3.21. The SMILES string of the molecule is Cc1cc2scc(C)c2s1. The van der Waals surface area contributed by atoms with Crippen molar-refractivity contribution in [3.8, 4) is 0 Å². The Kier molecular flexibility index (Phi) is 1.32. The summed E-state index contributed by atoms with van der Waals surface area (Å²) in [6.45, 7) is 4.34. The van der Waals surface area contributed by atoms with Gasteiger partial charge in [0.25, 0.3) is 0 Å². The molecule has 0 spiro atoms. The van der Waals surface area contributed by atoms with Crippen molar-refractivity contribution in [2.45, 2.75) is 13.8 Å². The van der Waals surface area contributed by atoms with Crippen LogP contribution in [0, 0.1) is 13.8 Å². The third kappa shape index (κ3) is 0.796. The van der Waals surface area contributed by atoms with Gasteiger partial charge in [0.2, 0.25) is 0 Å². The third-order valence-corrected chi connectivity index (χ3v) is 3.90. The fourth-order valence-electron chi connectivity index (χ4n) is 1.06. The fourth-order valence-corrected chi connectivity index (χ4v) is 3.29. The van der Waals surface area contributed by atoms with Crippen LogP contribution in [0.4, 0.5) is 0 Å². The number of thiophene rings is 2. The second kappa shape index (κ2) is 2.07. The van der Waals surface area contributed by atoms with E-state index in [0.29, 0.717) is 0 Å². The molecular formula is C8H8S2. The Morgan fingerprint density at radius 2 is 2.10 bits per heavy atom. The first-order chi connectivity index (χ1) is 4.77. The lowest BCUT2D eigenvalue weighted by atomic mass is 10.3. The molecule has 0 saturated heterocycles. The van der Waals surface area contributed by atoms with E-state index in [2.05, 4.69) is 25.3 Å². The van der Waals surface area contributed by atoms with Crippen LogP contribution in [-0.4, -0.2) is 0 Å². The van der Waals surface area contributed by atoms with Gasteiger partial charge in [-0.25, -0.2) is 0 Å². The van der Waals surface area contributed by atoms with Gasteiger partial charge in [-0.3, -0.25) is 0 Å². The number of aryl methyl sites for hydroxylation is 2. The van der Waals surface area contributed by atoms with Crippen LogP contribution in [0.2, 0.25) is 0 Å². The molecule has 0 saturated carbocycles. The van der Waals surface area contributed by atoms with Crippen molar-refractivity contribution < 1.29 is 0 Å². The highest BCUT2D eigenvalue weighted by molar-refractivity contribution is 7.27. The first kappa shape index (κ1) is 6.38. The molecule has 2 heterocycles. The van der Waals surface area contributed by atoms with Gasteiger partial charge in [0.05, 0.1) is 0 Å². The van der Waals surface area contributed by atoms with Crippen molar-refractivity contribution in [3.63, 3.8) is 0 Å². The second-order valence-corrected chi connectivity index (χ2v) is 4.64. The minimum absolute atomic E-state index is 1.42. The third-order valence-electron chi connectivity index (χ3n) is 1.54. The Morgan fingerprint density at radius 3 is 2.80 bits per heavy atom. The molecule has 0 unspecified atom stereocenters. The van der Waals surface area contributed by atoms with E-state index >= 15 is 0 Å². The number of rotatable bonds is 0. The molecule has 0 bridgehead atoms. The van der Waals surface area contributed by atoms with Crippen LogP contribution in [0.15, 0.2) is 11.4 Å². The molecule has 0 radical (unpaired) electrons. The highest BCUT2D eigenvalue weighted by atomic mass is 32.1. The van der Waals surface area contributed by atoms with Crippen molar-refractivity contribution in [3.05, 3.63) is 21.9 Å². The normalized spacial score (nSPS) is 11.0. The summed E-state index contributed by atoms with van der Waals surface area (Å²) in [4.78, 5) is 1.42. The molecule has 0 N–H and O–H groups in total. The van der Waals surface area contributed by atoms with Crippen molar-refractivity contribution in [1.82, 2.24) is 0 Å². The van der Waals surface area contributed by atoms with E-state index in [1.807, 2.05) is 22.7 Å². The summed E-state index contributed by atoms with van der Waals surface area (Å²) in [5.41, 5.74) is 1.43. The van der Waals surface area contributed by atoms with Gasteiger partial charge < -0.3 is 0 Å². The standard InChI is InChI=1S/C8H8S2/c1-5-4-9-7-3-6(2)10-8(5)7/h3-4H,1-2H3. The van der Waals surface area contributed by atoms with Gasteiger partial charge in [0.15, 0.2) is 0 Å². The quantitative estimate of drug-likeness (QED) is 0.564. The summed E-state index contributed by atoms with van der Waals surface area (Å²) in [7, 11) is 0. The van der Waals surface area contributed by atoms with Crippen LogP contribution in [-0.2, 0) is 0 Å². The average molecular weight is 168 g/mol. The minimum atomic E-state index is 1.42. The van der Waals surface area contributed by atoms with E-state index in [1.54, 1.807) is 0 Å². The second-order valence-electron chi connectivity index (χ2n) is 2.47. The summed E-state index contributed by atoms with van der Waals surface area (Å²) in [5, 5.41) is 2.22. The van der Waals surface area contributed by atoms with E-state index in [-0.39, 0.29) is 0 Å². The molecule has 0 aliphatic heterocycles. The van der Waals surface area contributed by atoms with E-state index in [1.165, 1.54) is 19.8 Å². The molecular weight excluding hydrogens is 160 g/mol. The van der Waals surface area contributed by atoms with Crippen LogP contribution < -0.4 is 0 Å². The summed E-state index contributed by atoms with van der Waals surface area (Å²) in [6.07, 6.45) is 0. The molecule has 2 aromatic heterocycles. The summed E-state index contributed by atoms with van der Waals surface area (Å²) in [5.74, 6) is 0. The van der Waals surface area contributed by atoms with Gasteiger partial charge in [0.1, 0.15) is 0 Å². The van der Waals surface area contributed by atoms with E-state index in [4.69, 9.17) is 0 Å². The zero-order valence-corrected chi connectivity index (χ0v) is 7.60. The molecule has 0 nitrogen and oxygen atoms in total. The molecule has 0 atom stereocenters. The number of fused-ring (bicyclic) bond motifs is 1. The summed E-state index contributed by atoms with van der Waals surface area (Å²) < 4.78 is 2.92. The van der Waals surface area contributed by atoms with Crippen LogP contribution in [0.25, 0.3) is 9.40 Å². The van der Waals surface area contributed by atoms with Gasteiger partial charge in [0, 0.05) is 14.3 Å². The Hall–Kier alpha value is -0.340. The van der Waals surface area contributed by atoms with Gasteiger partial charge in [-0.1, -0.05) is 0 Å². The zero-order valence-electron chi connectivity index (χ0n) is 5.97. The topological polar surface area (TPSA) is 0 Å². The highest BCUT2D eigenvalue weighted by Crippen LogP contribution is 2.32. The van der Waals surface area contributed by atoms with Crippen LogP contribution in [0.3, 0.4) is 0 Å². The Bertz CT molecular complexity index is 354. The van der Waals surface area contributed by atoms with E-state index in [0.717, 1.165) is 0 Å². The number of hydrogen-bond donors (Lipinski definition) is 0. The van der Waals surface area contributed by atoms with Gasteiger partial charge in [-0.15, -0.1) is 22.7 Å². The predicted molar refractivity (Wildman–Crippen MR) is 49.2 cm³/mol. The van der Waals surface area contributed by atoms with E-state index in [9.17, 15) is 0 Å². The van der Waals surface area contributed by atoms with Crippen LogP contribution >= 0.6 is 22.7 Å². The number of hydrogen-bond acceptors (Lipinski definition) is 2. The predicted octanol–water partition coefficient (Wildman–Crippen LogP) is 3.58. The van der Waals surface area contributed by atoms with Crippen molar-refractivity contribution in [2.24, 2.45) is 0 Å². The maximum absolute atomic E-state index is 2.26. The molecule has 52 valence electrons. The van der Waals surface area contributed by atoms with Crippen LogP contribution in [0.1, 0.15) is 10.4 Å². The van der Waals surface area contributed by atoms with Gasteiger partial charge in [-0.05, 0) is 30.9 Å². The zero-order chi connectivity index (χ0) is 7.14. The lowest BCUT2D eigenvalue weighted by molar-refractivity contribution is 1.62. The first-order valence-corrected chi connectivity index (χ1v) is 4.91. The maximum atomic E-state index is 2.26. The maximum Gasteiger partial charge on any atom is 0.0482 e. The molecule has 2 aromatic rings. The van der Waals surface area contributed by atoms with Crippen molar-refractivity contribution in [2.75, 3.05) is 0 Å². The monoisotopic (exact) mass is 168 g/mol. The molecule has 0 amide bonds. The summed E-state index contributed by atoms with van der Waals surface area (Å²) in [6, 6.07) is 2.26. The Balaban J connectivity index is 2.90. The highest BCUT2D eigenvalue weighted by Gasteiger charge is 2.01. The van der Waals surface area contributed by atoms with E-state index < -0.39 is 0 Å². The molecule has 10 heavy (non-hydrogen) atoms. The van der Waals surface area contributed by atoms with Gasteiger partial charge >= 0.3 is 0 Å². The largest absolute Gasteiger partial charge is 0.143 e. The van der Waals surface area contributed by atoms with Crippen molar-refractivity contribution in [1.29, 1.82) is 0 Å². The smallest absolute Gasteiger partial charge is 0.0482 e. The van der Waals surface area contributed by atoms with Crippen molar-refractivity contribution >= 4 is 32.1 Å². The molecule has 0 aromatic carbocycles. The molecule has 0 aliphatic rings. The Morgan fingerprint density at radius 1 is 1.30 bits per heavy atom. The lowest BCUT2D eigenvalue weighted by Crippen LogP contribution is -1.53. The molecule has 2 heteroatoms. The fraction of sp³-hybridized carbons (Fsp3) is 0.250. The minimum Gasteiger partial charge on any atom is -0.143 e. The van der Waals surface area contributed by atoms with Gasteiger partial charge in [-0.2, -0.15) is 0 Å². The lowest BCUT2D eigenvalue weighted by Gasteiger charge is -1.77. The molecule has 0 fully saturated rings. The summed E-state index contributed by atoms with van der Waals surface area (Å²) >= 11 is 3.74. The molecule has 0 aliphatic carbocycles. The average Bonchev–Trinajstić information content (AvgIpc) is 2.35. The molecule has 2 rings (SSSR count). The Labute approximate surface area is 68.1 Å². The van der Waals surface area contributed by atoms with Crippen LogP contribution in [0.5, 0.6) is 0 Å².